The molecule has 1 amide bonds. The van der Waals surface area contributed by atoms with Crippen molar-refractivity contribution in [3.63, 3.8) is 0 Å². The average Bonchev–Trinajstić information content (AvgIpc) is 3.70. The van der Waals surface area contributed by atoms with Crippen molar-refractivity contribution in [1.82, 2.24) is 34.6 Å². The quantitative estimate of drug-likeness (QED) is 0.257. The number of pyridine rings is 1. The van der Waals surface area contributed by atoms with Gasteiger partial charge >= 0.3 is 0 Å². The van der Waals surface area contributed by atoms with Crippen LogP contribution in [0.15, 0.2) is 46.6 Å². The van der Waals surface area contributed by atoms with Crippen LogP contribution in [0.2, 0.25) is 0 Å². The SMILES string of the molecule is CCN(CC)[C@@H](C)Cc1c(C(N)=O)cc(-c2cnn3ccc(-c4cccs4)nc23)nc1N1CC[C@H]1c1nc(C)no1. The van der Waals surface area contributed by atoms with Crippen LogP contribution in [0.3, 0.4) is 0 Å². The number of hydrogen-bond acceptors (Lipinski definition) is 10. The molecule has 11 nitrogen and oxygen atoms in total. The molecule has 0 saturated carbocycles. The Kier molecular flexibility index (Phi) is 7.26. The Hall–Kier alpha value is -4.16. The van der Waals surface area contributed by atoms with Gasteiger partial charge in [-0.15, -0.1) is 11.3 Å². The molecule has 1 aliphatic heterocycles. The van der Waals surface area contributed by atoms with Crippen molar-refractivity contribution in [3.05, 3.63) is 64.9 Å². The molecule has 5 aromatic rings. The van der Waals surface area contributed by atoms with Crippen molar-refractivity contribution in [2.45, 2.75) is 52.6 Å². The normalized spacial score (nSPS) is 15.9. The molecule has 0 aromatic carbocycles. The van der Waals surface area contributed by atoms with Gasteiger partial charge in [-0.1, -0.05) is 25.1 Å². The summed E-state index contributed by atoms with van der Waals surface area (Å²) in [6.45, 7) is 10.8. The number of fused-ring (bicyclic) bond motifs is 1. The molecule has 41 heavy (non-hydrogen) atoms. The lowest BCUT2D eigenvalue weighted by atomic mass is 9.95. The first-order valence-electron chi connectivity index (χ1n) is 13.9. The van der Waals surface area contributed by atoms with Crippen LogP contribution in [0.1, 0.15) is 60.9 Å². The minimum Gasteiger partial charge on any atom is -0.366 e. The van der Waals surface area contributed by atoms with Gasteiger partial charge in [0, 0.05) is 29.9 Å². The van der Waals surface area contributed by atoms with Gasteiger partial charge in [0.25, 0.3) is 0 Å². The van der Waals surface area contributed by atoms with Crippen molar-refractivity contribution in [2.75, 3.05) is 24.5 Å². The Morgan fingerprint density at radius 3 is 2.68 bits per heavy atom. The van der Waals surface area contributed by atoms with E-state index in [4.69, 9.17) is 20.2 Å². The molecular formula is C29H33N9O2S. The highest BCUT2D eigenvalue weighted by Crippen LogP contribution is 2.41. The fourth-order valence-electron chi connectivity index (χ4n) is 5.58. The van der Waals surface area contributed by atoms with E-state index >= 15 is 0 Å². The molecule has 0 bridgehead atoms. The van der Waals surface area contributed by atoms with Crippen LogP contribution >= 0.6 is 11.3 Å². The second-order valence-electron chi connectivity index (χ2n) is 10.3. The zero-order valence-corrected chi connectivity index (χ0v) is 24.4. The molecule has 6 rings (SSSR count). The minimum absolute atomic E-state index is 0.130. The predicted octanol–water partition coefficient (Wildman–Crippen LogP) is 4.53. The van der Waals surface area contributed by atoms with E-state index in [-0.39, 0.29) is 12.1 Å². The van der Waals surface area contributed by atoms with E-state index in [2.05, 4.69) is 45.8 Å². The van der Waals surface area contributed by atoms with Crippen molar-refractivity contribution >= 4 is 28.7 Å². The summed E-state index contributed by atoms with van der Waals surface area (Å²) in [5.74, 6) is 1.34. The zero-order chi connectivity index (χ0) is 28.7. The fourth-order valence-corrected chi connectivity index (χ4v) is 6.28. The molecule has 0 radical (unpaired) electrons. The van der Waals surface area contributed by atoms with Gasteiger partial charge in [-0.3, -0.25) is 4.79 Å². The van der Waals surface area contributed by atoms with Gasteiger partial charge in [0.1, 0.15) is 11.9 Å². The Labute approximate surface area is 242 Å². The van der Waals surface area contributed by atoms with E-state index < -0.39 is 5.91 Å². The molecule has 1 saturated heterocycles. The van der Waals surface area contributed by atoms with E-state index in [1.165, 1.54) is 0 Å². The molecule has 12 heteroatoms. The van der Waals surface area contributed by atoms with Crippen LogP contribution in [0.4, 0.5) is 5.82 Å². The predicted molar refractivity (Wildman–Crippen MR) is 158 cm³/mol. The number of rotatable bonds is 10. The summed E-state index contributed by atoms with van der Waals surface area (Å²) in [7, 11) is 0. The number of aryl methyl sites for hydroxylation is 1. The molecule has 2 N–H and O–H groups in total. The molecule has 0 spiro atoms. The van der Waals surface area contributed by atoms with Gasteiger partial charge in [-0.05, 0) is 63.4 Å². The summed E-state index contributed by atoms with van der Waals surface area (Å²) < 4.78 is 7.27. The Morgan fingerprint density at radius 2 is 2.05 bits per heavy atom. The van der Waals surface area contributed by atoms with Crippen LogP contribution in [0.25, 0.3) is 27.5 Å². The number of hydrogen-bond donors (Lipinski definition) is 1. The number of anilines is 1. The molecular weight excluding hydrogens is 538 g/mol. The highest BCUT2D eigenvalue weighted by Gasteiger charge is 2.38. The summed E-state index contributed by atoms with van der Waals surface area (Å²) in [5.41, 5.74) is 10.1. The molecule has 212 valence electrons. The van der Waals surface area contributed by atoms with Gasteiger partial charge in [0.05, 0.1) is 28.0 Å². The number of nitrogens with zero attached hydrogens (tertiary/aromatic N) is 8. The maximum atomic E-state index is 13.0. The molecule has 1 fully saturated rings. The summed E-state index contributed by atoms with van der Waals surface area (Å²) in [5, 5.41) is 10.6. The number of thiophene rings is 1. The minimum atomic E-state index is -0.494. The number of nitrogens with two attached hydrogens (primary N) is 1. The van der Waals surface area contributed by atoms with Crippen molar-refractivity contribution in [3.8, 4) is 21.8 Å². The molecule has 0 aliphatic carbocycles. The molecule has 5 aromatic heterocycles. The topological polar surface area (TPSA) is 132 Å². The molecule has 6 heterocycles. The Balaban J connectivity index is 1.51. The molecule has 1 aliphatic rings. The second-order valence-corrected chi connectivity index (χ2v) is 11.2. The van der Waals surface area contributed by atoms with Crippen LogP contribution in [0.5, 0.6) is 0 Å². The van der Waals surface area contributed by atoms with Crippen molar-refractivity contribution in [2.24, 2.45) is 5.73 Å². The first kappa shape index (κ1) is 27.0. The number of amides is 1. The lowest BCUT2D eigenvalue weighted by molar-refractivity contribution is 0.0999. The number of carbonyl (C=O) groups excluding carboxylic acids is 1. The number of carbonyl (C=O) groups is 1. The number of primary amides is 1. The van der Waals surface area contributed by atoms with Gasteiger partial charge < -0.3 is 20.1 Å². The number of likely N-dealkylation sites (N-methyl/N-ethyl adjacent to an activating group) is 1. The summed E-state index contributed by atoms with van der Waals surface area (Å²) in [6, 6.07) is 7.82. The Morgan fingerprint density at radius 1 is 1.22 bits per heavy atom. The molecule has 0 unspecified atom stereocenters. The summed E-state index contributed by atoms with van der Waals surface area (Å²) in [6.07, 6.45) is 5.09. The third-order valence-corrected chi connectivity index (χ3v) is 8.73. The lowest BCUT2D eigenvalue weighted by Crippen LogP contribution is -2.43. The van der Waals surface area contributed by atoms with E-state index in [0.717, 1.165) is 47.8 Å². The second kappa shape index (κ2) is 11.0. The maximum absolute atomic E-state index is 13.0. The first-order valence-corrected chi connectivity index (χ1v) is 14.8. The van der Waals surface area contributed by atoms with E-state index in [0.29, 0.717) is 40.9 Å². The number of aromatic nitrogens is 6. The van der Waals surface area contributed by atoms with Crippen LogP contribution in [-0.2, 0) is 6.42 Å². The van der Waals surface area contributed by atoms with Gasteiger partial charge in [0.2, 0.25) is 11.8 Å². The van der Waals surface area contributed by atoms with Crippen molar-refractivity contribution < 1.29 is 9.32 Å². The maximum Gasteiger partial charge on any atom is 0.249 e. The monoisotopic (exact) mass is 571 g/mol. The smallest absolute Gasteiger partial charge is 0.249 e. The first-order chi connectivity index (χ1) is 19.9. The summed E-state index contributed by atoms with van der Waals surface area (Å²) in [4.78, 5) is 33.2. The summed E-state index contributed by atoms with van der Waals surface area (Å²) >= 11 is 1.63. The fraction of sp³-hybridized carbons (Fsp3) is 0.379. The van der Waals surface area contributed by atoms with Gasteiger partial charge in [-0.25, -0.2) is 14.5 Å². The largest absolute Gasteiger partial charge is 0.366 e. The van der Waals surface area contributed by atoms with Gasteiger partial charge in [0.15, 0.2) is 11.5 Å². The van der Waals surface area contributed by atoms with Crippen LogP contribution in [0, 0.1) is 6.92 Å². The zero-order valence-electron chi connectivity index (χ0n) is 23.6. The van der Waals surface area contributed by atoms with E-state index in [1.807, 2.05) is 29.8 Å². The highest BCUT2D eigenvalue weighted by molar-refractivity contribution is 7.13. The third kappa shape index (κ3) is 4.97. The standard InChI is InChI=1S/C29H33N9O2S/c1-5-36(6-2)17(3)14-20-19(26(30)39)15-23(34-27(20)37-11-10-24(37)29-32-18(4)35-40-29)21-16-31-38-12-9-22(33-28(21)38)25-8-7-13-41-25/h7-9,12-13,15-17,24H,5-6,10-11,14H2,1-4H3,(H2,30,39)/t17-,24-/m0/s1. The van der Waals surface area contributed by atoms with Gasteiger partial charge in [-0.2, -0.15) is 10.1 Å². The van der Waals surface area contributed by atoms with E-state index in [9.17, 15) is 4.79 Å². The highest BCUT2D eigenvalue weighted by atomic mass is 32.1. The van der Waals surface area contributed by atoms with Crippen LogP contribution < -0.4 is 10.6 Å². The Bertz CT molecular complexity index is 1690. The lowest BCUT2D eigenvalue weighted by Gasteiger charge is -2.41. The molecule has 2 atom stereocenters. The average molecular weight is 572 g/mol. The van der Waals surface area contributed by atoms with Crippen molar-refractivity contribution in [1.29, 1.82) is 0 Å². The third-order valence-electron chi connectivity index (χ3n) is 7.84. The van der Waals surface area contributed by atoms with E-state index in [1.54, 1.807) is 35.0 Å². The van der Waals surface area contributed by atoms with Crippen LogP contribution in [-0.4, -0.2) is 66.2 Å².